The van der Waals surface area contributed by atoms with Crippen LogP contribution < -0.4 is 77.8 Å². The van der Waals surface area contributed by atoms with Gasteiger partial charge in [0, 0.05) is 0 Å². The van der Waals surface area contributed by atoms with Crippen LogP contribution in [0.4, 0.5) is 0 Å². The molecule has 58 valence electrons. The van der Waals surface area contributed by atoms with E-state index in [2.05, 4.69) is 4.31 Å². The molecule has 7 nitrogen and oxygen atoms in total. The summed E-state index contributed by atoms with van der Waals surface area (Å²) in [6.07, 6.45) is 0. The van der Waals surface area contributed by atoms with Gasteiger partial charge < -0.3 is 33.0 Å². The molecule has 0 rings (SSSR count). The van der Waals surface area contributed by atoms with E-state index in [1.807, 2.05) is 0 Å². The Balaban J connectivity index is -0.000000320. The molecular weight excluding hydrogens is 381 g/mol. The van der Waals surface area contributed by atoms with Crippen molar-refractivity contribution in [1.82, 2.24) is 0 Å². The van der Waals surface area contributed by atoms with Gasteiger partial charge in [0.1, 0.15) is 0 Å². The van der Waals surface area contributed by atoms with E-state index in [-0.39, 0.29) is 82.6 Å². The first-order valence-corrected chi connectivity index (χ1v) is 4.38. The average molecular weight is 381 g/mol. The molecule has 0 atom stereocenters. The van der Waals surface area contributed by atoms with E-state index in [0.717, 1.165) is 0 Å². The van der Waals surface area contributed by atoms with Crippen molar-refractivity contribution in [3.05, 3.63) is 0 Å². The average Bonchev–Trinajstić information content (AvgIpc) is 1.14. The number of hydrogen-bond acceptors (Lipinski definition) is 7. The molecular formula is O7P2RbSb. The topological polar surface area (TPSA) is 136 Å². The first-order valence-electron chi connectivity index (χ1n) is 1.46. The van der Waals surface area contributed by atoms with Gasteiger partial charge >= 0.3 is 82.6 Å². The predicted octanol–water partition coefficient (Wildman–Crippen LogP) is -6.72. The third kappa shape index (κ3) is 19.3. The van der Waals surface area contributed by atoms with Crippen LogP contribution >= 0.6 is 15.6 Å². The van der Waals surface area contributed by atoms with E-state index in [4.69, 9.17) is 0 Å². The van der Waals surface area contributed by atoms with Crippen LogP contribution in [0.15, 0.2) is 0 Å². The molecule has 0 aliphatic rings. The molecule has 11 heavy (non-hydrogen) atoms. The van der Waals surface area contributed by atoms with Crippen molar-refractivity contribution >= 4 is 40.1 Å². The minimum absolute atomic E-state index is 0. The summed E-state index contributed by atoms with van der Waals surface area (Å²) >= 11 is 0. The van der Waals surface area contributed by atoms with E-state index in [1.54, 1.807) is 0 Å². The van der Waals surface area contributed by atoms with Gasteiger partial charge in [-0.25, -0.2) is 0 Å². The van der Waals surface area contributed by atoms with Crippen molar-refractivity contribution in [1.29, 1.82) is 0 Å². The first-order chi connectivity index (χ1) is 3.71. The Kier molecular flexibility index (Phi) is 12.8. The summed E-state index contributed by atoms with van der Waals surface area (Å²) in [4.78, 5) is 37.3. The maximum Gasteiger partial charge on any atom is 3.00 e. The molecule has 0 fully saturated rings. The third-order valence-electron chi connectivity index (χ3n) is 0.200. The molecule has 0 aliphatic carbocycles. The molecule has 0 aromatic rings. The third-order valence-corrected chi connectivity index (χ3v) is 1.80. The van der Waals surface area contributed by atoms with Crippen LogP contribution in [0.1, 0.15) is 0 Å². The first kappa shape index (κ1) is 19.5. The van der Waals surface area contributed by atoms with Crippen LogP contribution in [-0.4, -0.2) is 24.4 Å². The zero-order valence-electron chi connectivity index (χ0n) is 5.20. The van der Waals surface area contributed by atoms with E-state index >= 15 is 0 Å². The minimum atomic E-state index is -5.68. The SMILES string of the molecule is O=P([O-])([O-])OP(=O)([O-])[O-].[Rb+].[Sb+3]. The second-order valence-corrected chi connectivity index (χ2v) is 3.42. The Morgan fingerprint density at radius 3 is 1.09 bits per heavy atom. The minimum Gasteiger partial charge on any atom is -0.790 e. The maximum absolute atomic E-state index is 9.32. The Hall–Kier alpha value is 2.88. The summed E-state index contributed by atoms with van der Waals surface area (Å²) in [6.45, 7) is 0. The number of phosphoric acid groups is 2. The smallest absolute Gasteiger partial charge is 0.790 e. The molecule has 0 aromatic heterocycles. The van der Waals surface area contributed by atoms with Crippen LogP contribution in [0.5, 0.6) is 0 Å². The number of rotatable bonds is 2. The van der Waals surface area contributed by atoms with E-state index < -0.39 is 15.6 Å². The molecule has 0 saturated carbocycles. The number of hydrogen-bond donors (Lipinski definition) is 0. The summed E-state index contributed by atoms with van der Waals surface area (Å²) < 4.78 is 21.2. The molecule has 0 amide bonds. The molecule has 0 heterocycles. The van der Waals surface area contributed by atoms with Crippen molar-refractivity contribution in [2.24, 2.45) is 0 Å². The Morgan fingerprint density at radius 1 is 0.909 bits per heavy atom. The second kappa shape index (κ2) is 7.21. The van der Waals surface area contributed by atoms with E-state index in [9.17, 15) is 28.7 Å². The quantitative estimate of drug-likeness (QED) is 0.343. The van der Waals surface area contributed by atoms with Crippen molar-refractivity contribution in [3.63, 3.8) is 0 Å². The molecule has 0 aromatic carbocycles. The van der Waals surface area contributed by atoms with Crippen molar-refractivity contribution in [2.45, 2.75) is 0 Å². The van der Waals surface area contributed by atoms with Gasteiger partial charge in [-0.15, -0.1) is 0 Å². The Bertz CT molecular complexity index is 157. The monoisotopic (exact) mass is 380 g/mol. The Labute approximate surface area is 129 Å². The van der Waals surface area contributed by atoms with Crippen molar-refractivity contribution in [3.8, 4) is 0 Å². The summed E-state index contributed by atoms with van der Waals surface area (Å²) in [7, 11) is -11.4. The molecule has 0 bridgehead atoms. The van der Waals surface area contributed by atoms with Crippen LogP contribution in [0, 0.1) is 0 Å². The standard InChI is InChI=1S/H4O7P2.Rb.Sb/c1-8(2,3)7-9(4,5)6;;/h(H2,1,2,3)(H2,4,5,6);;/q;+1;+3/p-4. The van der Waals surface area contributed by atoms with Gasteiger partial charge in [0.2, 0.25) is 0 Å². The van der Waals surface area contributed by atoms with E-state index in [1.165, 1.54) is 0 Å². The molecule has 2 radical (unpaired) electrons. The molecule has 0 aliphatic heterocycles. The van der Waals surface area contributed by atoms with Gasteiger partial charge in [-0.3, -0.25) is 0 Å². The van der Waals surface area contributed by atoms with Gasteiger partial charge in [-0.05, 0) is 0 Å². The van der Waals surface area contributed by atoms with Crippen LogP contribution in [0.25, 0.3) is 0 Å². The van der Waals surface area contributed by atoms with Gasteiger partial charge in [-0.1, -0.05) is 0 Å². The molecule has 0 unspecified atom stereocenters. The summed E-state index contributed by atoms with van der Waals surface area (Å²) in [5.41, 5.74) is 0. The second-order valence-electron chi connectivity index (χ2n) is 0.976. The van der Waals surface area contributed by atoms with Gasteiger partial charge in [0.25, 0.3) is 0 Å². The fourth-order valence-electron chi connectivity index (χ4n) is 0.122. The summed E-state index contributed by atoms with van der Waals surface area (Å²) in [6, 6.07) is 0. The van der Waals surface area contributed by atoms with Gasteiger partial charge in [-0.2, -0.15) is 0 Å². The zero-order chi connectivity index (χ0) is 7.71. The Morgan fingerprint density at radius 2 is 1.09 bits per heavy atom. The molecule has 11 heteroatoms. The normalized spacial score (nSPS) is 11.3. The molecule has 0 N–H and O–H groups in total. The molecule has 0 saturated heterocycles. The maximum atomic E-state index is 9.32. The summed E-state index contributed by atoms with van der Waals surface area (Å²) in [5.74, 6) is 0. The predicted molar refractivity (Wildman–Crippen MR) is 22.1 cm³/mol. The largest absolute Gasteiger partial charge is 3.00 e. The van der Waals surface area contributed by atoms with Gasteiger partial charge in [0.05, 0.1) is 15.6 Å². The van der Waals surface area contributed by atoms with E-state index in [0.29, 0.717) is 0 Å². The van der Waals surface area contributed by atoms with Crippen LogP contribution in [0.3, 0.4) is 0 Å². The van der Waals surface area contributed by atoms with Crippen molar-refractivity contribution < 1.29 is 91.2 Å². The molecule has 0 spiro atoms. The fourth-order valence-corrected chi connectivity index (χ4v) is 1.10. The van der Waals surface area contributed by atoms with Crippen LogP contribution in [0.2, 0.25) is 0 Å². The summed E-state index contributed by atoms with van der Waals surface area (Å²) in [5, 5.41) is 0. The van der Waals surface area contributed by atoms with Crippen LogP contribution in [-0.2, 0) is 13.4 Å². The zero-order valence-corrected chi connectivity index (χ0v) is 14.5. The fraction of sp³-hybridized carbons (Fsp3) is 0. The van der Waals surface area contributed by atoms with Gasteiger partial charge in [0.15, 0.2) is 0 Å². The van der Waals surface area contributed by atoms with Crippen molar-refractivity contribution in [2.75, 3.05) is 0 Å².